The summed E-state index contributed by atoms with van der Waals surface area (Å²) in [5, 5.41) is 11.8. The number of anilines is 1. The lowest BCUT2D eigenvalue weighted by Crippen LogP contribution is -2.58. The molecule has 4 aromatic carbocycles. The monoisotopic (exact) mass is 681 g/mol. The first-order valence-corrected chi connectivity index (χ1v) is 17.1. The Morgan fingerprint density at radius 1 is 0.840 bits per heavy atom. The molecule has 0 spiro atoms. The summed E-state index contributed by atoms with van der Waals surface area (Å²) in [6.07, 6.45) is 3.77. The maximum atomic E-state index is 15.1. The topological polar surface area (TPSA) is 109 Å². The molecule has 50 heavy (non-hydrogen) atoms. The molecule has 3 aliphatic carbocycles. The minimum absolute atomic E-state index is 0.0868. The lowest BCUT2D eigenvalue weighted by molar-refractivity contribution is -0.135. The summed E-state index contributed by atoms with van der Waals surface area (Å²) in [5.41, 5.74) is 2.01. The largest absolute Gasteiger partial charge is 0.508 e. The van der Waals surface area contributed by atoms with E-state index in [1.165, 1.54) is 24.0 Å². The van der Waals surface area contributed by atoms with Crippen molar-refractivity contribution in [1.82, 2.24) is 0 Å². The summed E-state index contributed by atoms with van der Waals surface area (Å²) in [6.45, 7) is 1.45. The van der Waals surface area contributed by atoms with Gasteiger partial charge in [0.25, 0.3) is 0 Å². The summed E-state index contributed by atoms with van der Waals surface area (Å²) in [7, 11) is 0. The first kappa shape index (κ1) is 31.8. The van der Waals surface area contributed by atoms with Gasteiger partial charge in [-0.15, -0.1) is 0 Å². The Hall–Kier alpha value is -5.40. The fourth-order valence-corrected chi connectivity index (χ4v) is 9.26. The van der Waals surface area contributed by atoms with Crippen molar-refractivity contribution < 1.29 is 29.1 Å². The zero-order valence-corrected chi connectivity index (χ0v) is 27.8. The molecule has 1 aliphatic heterocycles. The molecule has 1 N–H and O–H groups in total. The van der Waals surface area contributed by atoms with Crippen LogP contribution in [0.1, 0.15) is 52.7 Å². The van der Waals surface area contributed by atoms with E-state index >= 15 is 4.79 Å². The Kier molecular flexibility index (Phi) is 7.57. The second kappa shape index (κ2) is 11.9. The molecule has 8 rings (SSSR count). The minimum Gasteiger partial charge on any atom is -0.508 e. The third-order valence-electron chi connectivity index (χ3n) is 11.2. The van der Waals surface area contributed by atoms with E-state index in [0.717, 1.165) is 5.57 Å². The van der Waals surface area contributed by atoms with E-state index in [1.54, 1.807) is 48.5 Å². The molecule has 8 heteroatoms. The number of phenols is 1. The average molecular weight is 682 g/mol. The second-order valence-corrected chi connectivity index (χ2v) is 14.0. The number of aromatic hydroxyl groups is 1. The van der Waals surface area contributed by atoms with E-state index < -0.39 is 35.0 Å². The molecule has 0 bridgehead atoms. The van der Waals surface area contributed by atoms with Gasteiger partial charge in [0.1, 0.15) is 5.75 Å². The normalized spacial score (nSPS) is 27.2. The predicted molar refractivity (Wildman–Crippen MR) is 189 cm³/mol. The van der Waals surface area contributed by atoms with Crippen LogP contribution in [0, 0.1) is 23.7 Å². The van der Waals surface area contributed by atoms with Crippen LogP contribution in [0.2, 0.25) is 5.02 Å². The molecule has 6 atom stereocenters. The molecule has 4 aliphatic rings. The first-order chi connectivity index (χ1) is 24.1. The van der Waals surface area contributed by atoms with E-state index in [0.29, 0.717) is 38.5 Å². The van der Waals surface area contributed by atoms with Gasteiger partial charge in [0.05, 0.1) is 22.9 Å². The van der Waals surface area contributed by atoms with Crippen molar-refractivity contribution in [3.05, 3.63) is 148 Å². The summed E-state index contributed by atoms with van der Waals surface area (Å²) < 4.78 is 0. The highest BCUT2D eigenvalue weighted by atomic mass is 35.5. The summed E-state index contributed by atoms with van der Waals surface area (Å²) in [4.78, 5) is 71.7. The van der Waals surface area contributed by atoms with Crippen molar-refractivity contribution >= 4 is 52.0 Å². The Morgan fingerprint density at radius 2 is 1.52 bits per heavy atom. The summed E-state index contributed by atoms with van der Waals surface area (Å²) in [6, 6.07) is 29.3. The zero-order chi connectivity index (χ0) is 34.9. The van der Waals surface area contributed by atoms with Crippen molar-refractivity contribution in [2.24, 2.45) is 23.7 Å². The number of rotatable bonds is 5. The molecular weight excluding hydrogens is 650 g/mol. The Morgan fingerprint density at radius 3 is 2.20 bits per heavy atom. The number of ketones is 3. The van der Waals surface area contributed by atoms with E-state index in [-0.39, 0.29) is 47.8 Å². The van der Waals surface area contributed by atoms with Crippen molar-refractivity contribution in [3.63, 3.8) is 0 Å². The Labute approximate surface area is 293 Å². The highest BCUT2D eigenvalue weighted by molar-refractivity contribution is 6.32. The van der Waals surface area contributed by atoms with Crippen LogP contribution in [0.3, 0.4) is 0 Å². The van der Waals surface area contributed by atoms with Crippen molar-refractivity contribution in [2.45, 2.75) is 31.1 Å². The van der Waals surface area contributed by atoms with Crippen LogP contribution >= 0.6 is 11.6 Å². The van der Waals surface area contributed by atoms with Crippen LogP contribution in [0.15, 0.2) is 121 Å². The second-order valence-electron chi connectivity index (χ2n) is 13.6. The number of hydrogen-bond acceptors (Lipinski definition) is 6. The maximum Gasteiger partial charge on any atom is 0.238 e. The molecule has 6 unspecified atom stereocenters. The van der Waals surface area contributed by atoms with E-state index in [1.807, 2.05) is 54.6 Å². The van der Waals surface area contributed by atoms with Crippen molar-refractivity contribution in [3.8, 4) is 5.75 Å². The third-order valence-corrected chi connectivity index (χ3v) is 11.4. The fourth-order valence-electron chi connectivity index (χ4n) is 9.08. The SMILES string of the molecule is CC(=O)c1ccc(N2C(=O)C3CC=C4C(CC5C(=O)C(c6ccccc6)=CC(=O)C5(c5ccccc5)C4c4cc(Cl)ccc4O)C3C2=O)cc1. The van der Waals surface area contributed by atoms with Gasteiger partial charge in [-0.2, -0.15) is 0 Å². The van der Waals surface area contributed by atoms with Crippen LogP contribution in [0.25, 0.3) is 5.57 Å². The van der Waals surface area contributed by atoms with E-state index in [2.05, 4.69) is 0 Å². The van der Waals surface area contributed by atoms with E-state index in [4.69, 9.17) is 11.6 Å². The van der Waals surface area contributed by atoms with Crippen LogP contribution in [-0.4, -0.2) is 34.3 Å². The molecule has 248 valence electrons. The molecule has 1 saturated heterocycles. The van der Waals surface area contributed by atoms with Gasteiger partial charge in [-0.05, 0) is 85.4 Å². The lowest BCUT2D eigenvalue weighted by Gasteiger charge is -2.55. The summed E-state index contributed by atoms with van der Waals surface area (Å²) >= 11 is 6.57. The number of carbonyl (C=O) groups excluding carboxylic acids is 5. The summed E-state index contributed by atoms with van der Waals surface area (Å²) in [5.74, 6) is -5.35. The molecule has 0 aromatic heterocycles. The van der Waals surface area contributed by atoms with Gasteiger partial charge in [-0.1, -0.05) is 83.9 Å². The fraction of sp³-hybridized carbons (Fsp3) is 0.214. The standard InChI is InChI=1S/C42H32ClNO6/c1-23(45)24-12-15-28(16-13-24)44-40(49)30-18-17-29-32(37(30)41(44)50)21-34-39(48)31(25-8-4-2-5-9-25)22-36(47)42(34,26-10-6-3-7-11-26)38(29)33-20-27(43)14-19-35(33)46/h2-17,19-20,22,30,32,34,37-38,46H,18,21H2,1H3. The molecule has 7 nitrogen and oxygen atoms in total. The molecule has 2 fully saturated rings. The van der Waals surface area contributed by atoms with Crippen LogP contribution in [0.5, 0.6) is 5.75 Å². The minimum atomic E-state index is -1.47. The number of amides is 2. The molecule has 4 aromatic rings. The first-order valence-electron chi connectivity index (χ1n) is 16.7. The number of allylic oxidation sites excluding steroid dienone is 4. The number of benzene rings is 4. The number of halogens is 1. The number of phenolic OH excluding ortho intramolecular Hbond substituents is 1. The van der Waals surface area contributed by atoms with Crippen LogP contribution in [-0.2, 0) is 24.6 Å². The van der Waals surface area contributed by atoms with Crippen molar-refractivity contribution in [1.29, 1.82) is 0 Å². The lowest BCUT2D eigenvalue weighted by atomic mass is 9.44. The smallest absolute Gasteiger partial charge is 0.238 e. The van der Waals surface area contributed by atoms with Crippen LogP contribution < -0.4 is 4.90 Å². The highest BCUT2D eigenvalue weighted by Gasteiger charge is 2.66. The number of imide groups is 1. The van der Waals surface area contributed by atoms with Gasteiger partial charge in [-0.25, -0.2) is 0 Å². The number of Topliss-reactive ketones (excluding diaryl/α,β-unsaturated/α-hetero) is 2. The van der Waals surface area contributed by atoms with Crippen LogP contribution in [0.4, 0.5) is 5.69 Å². The van der Waals surface area contributed by atoms with Gasteiger partial charge < -0.3 is 5.11 Å². The molecule has 1 saturated carbocycles. The quantitative estimate of drug-likeness (QED) is 0.135. The Balaban J connectivity index is 1.34. The van der Waals surface area contributed by atoms with Gasteiger partial charge in [0.2, 0.25) is 11.8 Å². The molecule has 2 amide bonds. The maximum absolute atomic E-state index is 15.1. The van der Waals surface area contributed by atoms with Crippen molar-refractivity contribution in [2.75, 3.05) is 4.90 Å². The molecule has 1 heterocycles. The average Bonchev–Trinajstić information content (AvgIpc) is 3.39. The van der Waals surface area contributed by atoms with E-state index in [9.17, 15) is 24.3 Å². The zero-order valence-electron chi connectivity index (χ0n) is 27.1. The number of nitrogens with zero attached hydrogens (tertiary/aromatic N) is 1. The van der Waals surface area contributed by atoms with Gasteiger partial charge >= 0.3 is 0 Å². The highest BCUT2D eigenvalue weighted by Crippen LogP contribution is 2.64. The van der Waals surface area contributed by atoms with Gasteiger partial charge in [0.15, 0.2) is 17.3 Å². The Bertz CT molecular complexity index is 2170. The third kappa shape index (κ3) is 4.60. The van der Waals surface area contributed by atoms with Gasteiger partial charge in [-0.3, -0.25) is 28.9 Å². The van der Waals surface area contributed by atoms with Gasteiger partial charge in [0, 0.05) is 33.6 Å². The number of hydrogen-bond donors (Lipinski definition) is 1. The number of fused-ring (bicyclic) bond motifs is 4. The predicted octanol–water partition coefficient (Wildman–Crippen LogP) is 7.28. The molecule has 0 radical (unpaired) electrons. The molecular formula is C42H32ClNO6. The number of carbonyl (C=O) groups is 5.